The summed E-state index contributed by atoms with van der Waals surface area (Å²) in [5.41, 5.74) is 3.54. The molecule has 1 heterocycles. The van der Waals surface area contributed by atoms with Crippen LogP contribution in [-0.2, 0) is 13.1 Å². The van der Waals surface area contributed by atoms with Crippen molar-refractivity contribution in [1.82, 2.24) is 4.90 Å². The van der Waals surface area contributed by atoms with Gasteiger partial charge in [0.2, 0.25) is 6.34 Å². The van der Waals surface area contributed by atoms with Crippen molar-refractivity contribution in [2.24, 2.45) is 0 Å². The summed E-state index contributed by atoms with van der Waals surface area (Å²) in [7, 11) is 0. The van der Waals surface area contributed by atoms with Gasteiger partial charge in [0.1, 0.15) is 24.7 Å². The number of halogens is 3. The topological polar surface area (TPSA) is 6.25 Å². The van der Waals surface area contributed by atoms with Gasteiger partial charge in [-0.05, 0) is 12.1 Å². The van der Waals surface area contributed by atoms with E-state index in [1.54, 1.807) is 12.1 Å². The Labute approximate surface area is 205 Å². The maximum Gasteiger partial charge on any atom is 0.236 e. The fourth-order valence-electron chi connectivity index (χ4n) is 4.67. The number of hydrogen-bond acceptors (Lipinski definition) is 1. The van der Waals surface area contributed by atoms with Crippen molar-refractivity contribution in [3.05, 3.63) is 143 Å². The first kappa shape index (κ1) is 23.7. The molecule has 0 radical (unpaired) electrons. The number of benzene rings is 4. The van der Waals surface area contributed by atoms with Crippen molar-refractivity contribution in [3.63, 3.8) is 0 Å². The first-order chi connectivity index (χ1) is 16.2. The minimum absolute atomic E-state index is 0. The Kier molecular flexibility index (Phi) is 7.39. The van der Waals surface area contributed by atoms with Crippen LogP contribution in [0.3, 0.4) is 0 Å². The quantitative estimate of drug-likeness (QED) is 0.388. The minimum Gasteiger partial charge on any atom is -1.00 e. The van der Waals surface area contributed by atoms with E-state index in [4.69, 9.17) is 0 Å². The summed E-state index contributed by atoms with van der Waals surface area (Å²) in [5, 5.41) is 0. The van der Waals surface area contributed by atoms with Crippen molar-refractivity contribution in [1.29, 1.82) is 0 Å². The molecule has 2 atom stereocenters. The second-order valence-electron chi connectivity index (χ2n) is 8.35. The molecule has 172 valence electrons. The molecule has 0 fully saturated rings. The van der Waals surface area contributed by atoms with Gasteiger partial charge in [0, 0.05) is 22.3 Å². The molecule has 0 aromatic heterocycles. The molecule has 4 aromatic carbocycles. The molecule has 0 saturated heterocycles. The van der Waals surface area contributed by atoms with Crippen molar-refractivity contribution in [2.45, 2.75) is 25.2 Å². The lowest BCUT2D eigenvalue weighted by atomic mass is 9.92. The molecule has 0 unspecified atom stereocenters. The standard InChI is InChI=1S/C29H25F2N2.ClH/c30-26-17-9-7-15-24(26)19-32-21-33(20-25-16-8-10-18-27(25)31)29(23-13-5-2-6-14-23)28(32)22-11-3-1-4-12-22;/h1-18,21,28-29H,19-20H2;1H/q+1;/p-1/t28-,29-;/m0./s1. The van der Waals surface area contributed by atoms with Gasteiger partial charge in [-0.2, -0.15) is 0 Å². The normalized spacial score (nSPS) is 17.2. The molecule has 0 N–H and O–H groups in total. The highest BCUT2D eigenvalue weighted by atomic mass is 35.5. The van der Waals surface area contributed by atoms with E-state index >= 15 is 0 Å². The summed E-state index contributed by atoms with van der Waals surface area (Å²) in [5.74, 6) is -0.442. The van der Waals surface area contributed by atoms with Crippen molar-refractivity contribution < 1.29 is 25.8 Å². The minimum atomic E-state index is -0.221. The van der Waals surface area contributed by atoms with Crippen LogP contribution in [0.5, 0.6) is 0 Å². The fraction of sp³-hybridized carbons (Fsp3) is 0.138. The van der Waals surface area contributed by atoms with Crippen LogP contribution in [0, 0.1) is 11.6 Å². The highest BCUT2D eigenvalue weighted by Gasteiger charge is 2.44. The smallest absolute Gasteiger partial charge is 0.236 e. The number of rotatable bonds is 6. The molecule has 5 heteroatoms. The molecule has 5 rings (SSSR count). The maximum absolute atomic E-state index is 14.6. The molecule has 0 saturated carbocycles. The maximum atomic E-state index is 14.6. The van der Waals surface area contributed by atoms with Crippen LogP contribution in [0.25, 0.3) is 0 Å². The molecule has 2 nitrogen and oxygen atoms in total. The van der Waals surface area contributed by atoms with Crippen LogP contribution < -0.4 is 12.4 Å². The molecule has 1 aliphatic rings. The van der Waals surface area contributed by atoms with Gasteiger partial charge in [0.05, 0.1) is 0 Å². The summed E-state index contributed by atoms with van der Waals surface area (Å²) in [6.07, 6.45) is 2.04. The number of hydrogen-bond donors (Lipinski definition) is 0. The number of nitrogens with zero attached hydrogens (tertiary/aromatic N) is 2. The highest BCUT2D eigenvalue weighted by Crippen LogP contribution is 2.41. The average molecular weight is 475 g/mol. The molecular formula is C29H25ClF2N2. The largest absolute Gasteiger partial charge is 1.00 e. The molecule has 0 spiro atoms. The van der Waals surface area contributed by atoms with Gasteiger partial charge < -0.3 is 12.4 Å². The molecule has 0 bridgehead atoms. The second kappa shape index (κ2) is 10.6. The van der Waals surface area contributed by atoms with Gasteiger partial charge in [-0.3, -0.25) is 9.48 Å². The van der Waals surface area contributed by atoms with E-state index < -0.39 is 0 Å². The summed E-state index contributed by atoms with van der Waals surface area (Å²) >= 11 is 0. The van der Waals surface area contributed by atoms with E-state index in [1.165, 1.54) is 12.1 Å². The Morgan fingerprint density at radius 1 is 0.618 bits per heavy atom. The van der Waals surface area contributed by atoms with E-state index in [0.717, 1.165) is 11.1 Å². The molecule has 4 aromatic rings. The Morgan fingerprint density at radius 2 is 1.12 bits per heavy atom. The van der Waals surface area contributed by atoms with E-state index in [2.05, 4.69) is 33.7 Å². The van der Waals surface area contributed by atoms with Crippen LogP contribution >= 0.6 is 0 Å². The third-order valence-electron chi connectivity index (χ3n) is 6.21. The predicted octanol–water partition coefficient (Wildman–Crippen LogP) is 3.51. The Balaban J connectivity index is 0.00000274. The predicted molar refractivity (Wildman–Crippen MR) is 127 cm³/mol. The summed E-state index contributed by atoms with van der Waals surface area (Å²) in [4.78, 5) is 2.17. The lowest BCUT2D eigenvalue weighted by molar-refractivity contribution is -0.579. The summed E-state index contributed by atoms with van der Waals surface area (Å²) in [6.45, 7) is 0.840. The van der Waals surface area contributed by atoms with Crippen molar-refractivity contribution in [3.8, 4) is 0 Å². The summed E-state index contributed by atoms with van der Waals surface area (Å²) in [6, 6.07) is 34.2. The first-order valence-electron chi connectivity index (χ1n) is 11.1. The molecule has 0 amide bonds. The van der Waals surface area contributed by atoms with Gasteiger partial charge >= 0.3 is 0 Å². The van der Waals surface area contributed by atoms with Gasteiger partial charge in [0.15, 0.2) is 12.1 Å². The van der Waals surface area contributed by atoms with E-state index in [1.807, 2.05) is 67.0 Å². The lowest BCUT2D eigenvalue weighted by Crippen LogP contribution is -3.00. The molecular weight excluding hydrogens is 450 g/mol. The van der Waals surface area contributed by atoms with E-state index in [9.17, 15) is 8.78 Å². The van der Waals surface area contributed by atoms with Crippen molar-refractivity contribution in [2.75, 3.05) is 0 Å². The monoisotopic (exact) mass is 474 g/mol. The summed E-state index contributed by atoms with van der Waals surface area (Å²) < 4.78 is 31.3. The average Bonchev–Trinajstić information content (AvgIpc) is 3.20. The third-order valence-corrected chi connectivity index (χ3v) is 6.21. The third kappa shape index (κ3) is 4.87. The van der Waals surface area contributed by atoms with Gasteiger partial charge in [-0.25, -0.2) is 8.78 Å². The van der Waals surface area contributed by atoms with Gasteiger partial charge in [-0.1, -0.05) is 97.1 Å². The molecule has 34 heavy (non-hydrogen) atoms. The second-order valence-corrected chi connectivity index (χ2v) is 8.35. The van der Waals surface area contributed by atoms with Crippen LogP contribution in [0.15, 0.2) is 109 Å². The SMILES string of the molecule is Fc1ccccc1CN1C=[N+](Cc2ccccc2F)[C@@H](c2ccccc2)[C@@H]1c1ccccc1.[Cl-]. The van der Waals surface area contributed by atoms with Crippen LogP contribution in [0.4, 0.5) is 8.78 Å². The Hall–Kier alpha value is -3.50. The Morgan fingerprint density at radius 3 is 1.71 bits per heavy atom. The van der Waals surface area contributed by atoms with Crippen LogP contribution in [0.1, 0.15) is 34.3 Å². The van der Waals surface area contributed by atoms with E-state index in [0.29, 0.717) is 24.2 Å². The molecule has 1 aliphatic heterocycles. The zero-order valence-electron chi connectivity index (χ0n) is 18.6. The van der Waals surface area contributed by atoms with Crippen molar-refractivity contribution >= 4 is 6.34 Å². The van der Waals surface area contributed by atoms with Gasteiger partial charge in [-0.15, -0.1) is 0 Å². The Bertz CT molecular complexity index is 1260. The van der Waals surface area contributed by atoms with Crippen LogP contribution in [0.2, 0.25) is 0 Å². The highest BCUT2D eigenvalue weighted by molar-refractivity contribution is 5.55. The molecule has 0 aliphatic carbocycles. The van der Waals surface area contributed by atoms with E-state index in [-0.39, 0.29) is 36.1 Å². The fourth-order valence-corrected chi connectivity index (χ4v) is 4.67. The van der Waals surface area contributed by atoms with Gasteiger partial charge in [0.25, 0.3) is 0 Å². The zero-order valence-corrected chi connectivity index (χ0v) is 19.3. The zero-order chi connectivity index (χ0) is 22.6. The first-order valence-corrected chi connectivity index (χ1v) is 11.1. The van der Waals surface area contributed by atoms with Crippen LogP contribution in [-0.4, -0.2) is 15.8 Å². The lowest BCUT2D eigenvalue weighted by Gasteiger charge is -2.24.